The minimum absolute atomic E-state index is 0.111. The summed E-state index contributed by atoms with van der Waals surface area (Å²) in [5.41, 5.74) is 1.32. The first kappa shape index (κ1) is 12.3. The molecule has 0 saturated heterocycles. The molecule has 0 spiro atoms. The van der Waals surface area contributed by atoms with Crippen LogP contribution in [-0.2, 0) is 24.1 Å². The number of fused-ring (bicyclic) bond motifs is 3. The molecule has 0 aromatic carbocycles. The molecule has 2 aromatic rings. The van der Waals surface area contributed by atoms with Crippen LogP contribution >= 0.6 is 11.3 Å². The minimum Gasteiger partial charge on any atom is -0.480 e. The molecule has 1 aliphatic rings. The fourth-order valence-electron chi connectivity index (χ4n) is 2.49. The normalized spacial score (nSPS) is 13.7. The Morgan fingerprint density at radius 2 is 2.26 bits per heavy atom. The molecule has 3 rings (SSSR count). The highest BCUT2D eigenvalue weighted by molar-refractivity contribution is 7.19. The predicted octanol–water partition coefficient (Wildman–Crippen LogP) is 2.24. The number of carboxylic acids is 1. The van der Waals surface area contributed by atoms with E-state index in [1.165, 1.54) is 16.9 Å². The summed E-state index contributed by atoms with van der Waals surface area (Å²) in [5, 5.41) is 12.8. The van der Waals surface area contributed by atoms with Crippen LogP contribution < -0.4 is 5.32 Å². The highest BCUT2D eigenvalue weighted by atomic mass is 32.1. The summed E-state index contributed by atoms with van der Waals surface area (Å²) in [7, 11) is 0. The second-order valence-electron chi connectivity index (χ2n) is 4.63. The molecular formula is C13H15N3O2S. The van der Waals surface area contributed by atoms with E-state index in [0.29, 0.717) is 5.82 Å². The summed E-state index contributed by atoms with van der Waals surface area (Å²) in [5.74, 6) is 0.570. The fraction of sp³-hybridized carbons (Fsp3) is 0.462. The summed E-state index contributed by atoms with van der Waals surface area (Å²) in [6.45, 7) is 1.89. The summed E-state index contributed by atoms with van der Waals surface area (Å²) >= 11 is 1.73. The van der Waals surface area contributed by atoms with Crippen molar-refractivity contribution in [1.82, 2.24) is 9.97 Å². The lowest BCUT2D eigenvalue weighted by Crippen LogP contribution is -2.14. The van der Waals surface area contributed by atoms with Gasteiger partial charge in [-0.1, -0.05) is 6.92 Å². The van der Waals surface area contributed by atoms with E-state index in [9.17, 15) is 4.79 Å². The van der Waals surface area contributed by atoms with Crippen molar-refractivity contribution in [3.63, 3.8) is 0 Å². The maximum Gasteiger partial charge on any atom is 0.322 e. The Bertz CT molecular complexity index is 651. The lowest BCUT2D eigenvalue weighted by atomic mass is 10.2. The van der Waals surface area contributed by atoms with Crippen molar-refractivity contribution < 1.29 is 9.90 Å². The number of nitrogens with one attached hydrogen (secondary N) is 1. The topological polar surface area (TPSA) is 75.1 Å². The molecule has 0 aliphatic heterocycles. The van der Waals surface area contributed by atoms with Crippen molar-refractivity contribution in [2.24, 2.45) is 0 Å². The van der Waals surface area contributed by atoms with Crippen molar-refractivity contribution in [2.45, 2.75) is 32.6 Å². The van der Waals surface area contributed by atoms with Gasteiger partial charge in [0.05, 0.1) is 5.39 Å². The smallest absolute Gasteiger partial charge is 0.322 e. The van der Waals surface area contributed by atoms with Crippen molar-refractivity contribution in [2.75, 3.05) is 11.9 Å². The molecule has 0 fully saturated rings. The van der Waals surface area contributed by atoms with Crippen LogP contribution in [0.2, 0.25) is 0 Å². The van der Waals surface area contributed by atoms with Crippen LogP contribution in [0.3, 0.4) is 0 Å². The summed E-state index contributed by atoms with van der Waals surface area (Å²) in [6, 6.07) is 0. The van der Waals surface area contributed by atoms with Crippen molar-refractivity contribution >= 4 is 33.3 Å². The van der Waals surface area contributed by atoms with Gasteiger partial charge in [0, 0.05) is 11.3 Å². The number of thiophene rings is 1. The molecule has 5 nitrogen and oxygen atoms in total. The van der Waals surface area contributed by atoms with Gasteiger partial charge in [0.15, 0.2) is 0 Å². The third-order valence-electron chi connectivity index (χ3n) is 3.33. The van der Waals surface area contributed by atoms with Crippen LogP contribution in [0.25, 0.3) is 10.2 Å². The number of anilines is 1. The summed E-state index contributed by atoms with van der Waals surface area (Å²) < 4.78 is 0. The maximum absolute atomic E-state index is 10.7. The minimum atomic E-state index is -0.878. The summed E-state index contributed by atoms with van der Waals surface area (Å²) in [4.78, 5) is 22.1. The van der Waals surface area contributed by atoms with Gasteiger partial charge in [-0.3, -0.25) is 4.79 Å². The van der Waals surface area contributed by atoms with Gasteiger partial charge in [-0.05, 0) is 24.8 Å². The van der Waals surface area contributed by atoms with Gasteiger partial charge in [0.25, 0.3) is 0 Å². The largest absolute Gasteiger partial charge is 0.480 e. The molecule has 2 heterocycles. The number of aromatic nitrogens is 2. The monoisotopic (exact) mass is 277 g/mol. The van der Waals surface area contributed by atoms with E-state index in [2.05, 4.69) is 15.3 Å². The first-order valence-corrected chi connectivity index (χ1v) is 7.27. The first-order valence-electron chi connectivity index (χ1n) is 6.46. The van der Waals surface area contributed by atoms with Crippen molar-refractivity contribution in [3.8, 4) is 0 Å². The van der Waals surface area contributed by atoms with Gasteiger partial charge < -0.3 is 10.4 Å². The second-order valence-corrected chi connectivity index (χ2v) is 5.71. The van der Waals surface area contributed by atoms with Crippen LogP contribution in [0.4, 0.5) is 5.82 Å². The Hall–Kier alpha value is -1.69. The predicted molar refractivity (Wildman–Crippen MR) is 74.9 cm³/mol. The number of hydrogen-bond acceptors (Lipinski definition) is 5. The second kappa shape index (κ2) is 4.77. The lowest BCUT2D eigenvalue weighted by Gasteiger charge is -2.07. The number of hydrogen-bond donors (Lipinski definition) is 2. The number of aryl methyl sites for hydroxylation is 3. The molecule has 0 saturated carbocycles. The van der Waals surface area contributed by atoms with Crippen LogP contribution in [0, 0.1) is 0 Å². The van der Waals surface area contributed by atoms with E-state index in [-0.39, 0.29) is 6.54 Å². The van der Waals surface area contributed by atoms with E-state index in [0.717, 1.165) is 35.3 Å². The molecule has 0 atom stereocenters. The molecule has 1 aliphatic carbocycles. The van der Waals surface area contributed by atoms with Crippen molar-refractivity contribution in [1.29, 1.82) is 0 Å². The van der Waals surface area contributed by atoms with Gasteiger partial charge in [-0.25, -0.2) is 9.97 Å². The molecule has 2 N–H and O–H groups in total. The Balaban J connectivity index is 2.12. The number of carbonyl (C=O) groups is 1. The van der Waals surface area contributed by atoms with E-state index >= 15 is 0 Å². The molecule has 0 unspecified atom stereocenters. The molecule has 100 valence electrons. The molecule has 0 amide bonds. The maximum atomic E-state index is 10.7. The van der Waals surface area contributed by atoms with Crippen LogP contribution in [-0.4, -0.2) is 27.6 Å². The van der Waals surface area contributed by atoms with Crippen LogP contribution in [0.15, 0.2) is 0 Å². The standard InChI is InChI=1S/C13H15N3O2S/c1-2-9-15-12(14-6-10(17)18)11-7-4-3-5-8(7)19-13(11)16-9/h2-6H2,1H3,(H,17,18)(H,14,15,16). The summed E-state index contributed by atoms with van der Waals surface area (Å²) in [6.07, 6.45) is 4.08. The number of carboxylic acid groups (broad SMARTS) is 1. The fourth-order valence-corrected chi connectivity index (χ4v) is 3.77. The highest BCUT2D eigenvalue weighted by Crippen LogP contribution is 2.39. The third kappa shape index (κ3) is 2.16. The molecule has 0 bridgehead atoms. The molecule has 0 radical (unpaired) electrons. The van der Waals surface area contributed by atoms with Gasteiger partial charge in [-0.2, -0.15) is 0 Å². The van der Waals surface area contributed by atoms with E-state index in [1.54, 1.807) is 11.3 Å². The van der Waals surface area contributed by atoms with Crippen molar-refractivity contribution in [3.05, 3.63) is 16.3 Å². The van der Waals surface area contributed by atoms with Gasteiger partial charge in [0.2, 0.25) is 0 Å². The van der Waals surface area contributed by atoms with Gasteiger partial charge in [-0.15, -0.1) is 11.3 Å². The Labute approximate surface area is 114 Å². The average molecular weight is 277 g/mol. The quantitative estimate of drug-likeness (QED) is 0.896. The average Bonchev–Trinajstić information content (AvgIpc) is 2.95. The number of nitrogens with zero attached hydrogens (tertiary/aromatic N) is 2. The zero-order chi connectivity index (χ0) is 13.4. The molecular weight excluding hydrogens is 262 g/mol. The van der Waals surface area contributed by atoms with E-state index in [1.807, 2.05) is 6.92 Å². The Morgan fingerprint density at radius 1 is 1.42 bits per heavy atom. The highest BCUT2D eigenvalue weighted by Gasteiger charge is 2.22. The molecule has 6 heteroatoms. The van der Waals surface area contributed by atoms with E-state index in [4.69, 9.17) is 5.11 Å². The van der Waals surface area contributed by atoms with E-state index < -0.39 is 5.97 Å². The van der Waals surface area contributed by atoms with Gasteiger partial charge >= 0.3 is 5.97 Å². The third-order valence-corrected chi connectivity index (χ3v) is 4.52. The Morgan fingerprint density at radius 3 is 3.00 bits per heavy atom. The zero-order valence-electron chi connectivity index (χ0n) is 10.7. The SMILES string of the molecule is CCc1nc(NCC(=O)O)c2c3c(sc2n1)CCC3. The number of aliphatic carboxylic acids is 1. The molecule has 19 heavy (non-hydrogen) atoms. The number of rotatable bonds is 4. The van der Waals surface area contributed by atoms with Crippen LogP contribution in [0.1, 0.15) is 29.6 Å². The van der Waals surface area contributed by atoms with Crippen LogP contribution in [0.5, 0.6) is 0 Å². The Kier molecular flexibility index (Phi) is 3.10. The lowest BCUT2D eigenvalue weighted by molar-refractivity contribution is -0.134. The van der Waals surface area contributed by atoms with Gasteiger partial charge in [0.1, 0.15) is 23.0 Å². The zero-order valence-corrected chi connectivity index (χ0v) is 11.5. The first-order chi connectivity index (χ1) is 9.19. The molecule has 2 aromatic heterocycles.